The van der Waals surface area contributed by atoms with Crippen LogP contribution in [0.2, 0.25) is 0 Å². The number of nitrogens with one attached hydrogen (secondary N) is 1. The van der Waals surface area contributed by atoms with E-state index in [1.54, 1.807) is 0 Å². The van der Waals surface area contributed by atoms with Crippen LogP contribution in [0.3, 0.4) is 0 Å². The third-order valence-corrected chi connectivity index (χ3v) is 2.64. The summed E-state index contributed by atoms with van der Waals surface area (Å²) in [6, 6.07) is 4.01. The highest BCUT2D eigenvalue weighted by Gasteiger charge is 2.30. The Bertz CT molecular complexity index is 394. The van der Waals surface area contributed by atoms with E-state index >= 15 is 0 Å². The Morgan fingerprint density at radius 1 is 1.15 bits per heavy atom. The molecular weight excluding hydrogens is 283 g/mol. The highest BCUT2D eigenvalue weighted by molar-refractivity contribution is 5.26. The van der Waals surface area contributed by atoms with Crippen LogP contribution in [0.5, 0.6) is 0 Å². The fraction of sp³-hybridized carbons (Fsp3) is 0.500. The summed E-state index contributed by atoms with van der Waals surface area (Å²) in [6.07, 6.45) is -6.68. The molecule has 8 heteroatoms. The lowest BCUT2D eigenvalue weighted by atomic mass is 10.0. The highest BCUT2D eigenvalue weighted by Crippen LogP contribution is 2.30. The summed E-state index contributed by atoms with van der Waals surface area (Å²) in [7, 11) is 0. The molecule has 0 amide bonds. The lowest BCUT2D eigenvalue weighted by Crippen LogP contribution is -2.29. The summed E-state index contributed by atoms with van der Waals surface area (Å²) in [5.74, 6) is 5.29. The van der Waals surface area contributed by atoms with E-state index in [9.17, 15) is 22.0 Å². The van der Waals surface area contributed by atoms with E-state index in [-0.39, 0.29) is 13.0 Å². The van der Waals surface area contributed by atoms with Crippen LogP contribution in [0.4, 0.5) is 22.0 Å². The molecule has 20 heavy (non-hydrogen) atoms. The van der Waals surface area contributed by atoms with Crippen LogP contribution in [-0.4, -0.2) is 19.6 Å². The molecule has 0 spiro atoms. The van der Waals surface area contributed by atoms with Crippen LogP contribution in [0.25, 0.3) is 0 Å². The summed E-state index contributed by atoms with van der Waals surface area (Å²) in [4.78, 5) is 0. The minimum atomic E-state index is -4.40. The minimum Gasteiger partial charge on any atom is -0.375 e. The Hall–Kier alpha value is -1.25. The second-order valence-electron chi connectivity index (χ2n) is 4.09. The maximum atomic E-state index is 12.4. The number of hydrogen-bond donors (Lipinski definition) is 2. The van der Waals surface area contributed by atoms with Gasteiger partial charge in [0.1, 0.15) is 6.61 Å². The van der Waals surface area contributed by atoms with Crippen molar-refractivity contribution in [2.75, 3.05) is 13.2 Å². The molecule has 1 aromatic rings. The largest absolute Gasteiger partial charge is 0.416 e. The van der Waals surface area contributed by atoms with Gasteiger partial charge in [-0.25, -0.2) is 8.78 Å². The van der Waals surface area contributed by atoms with Gasteiger partial charge in [-0.05, 0) is 24.1 Å². The number of benzene rings is 1. The summed E-state index contributed by atoms with van der Waals surface area (Å²) >= 11 is 0. The molecule has 1 rings (SSSR count). The zero-order valence-electron chi connectivity index (χ0n) is 10.5. The Morgan fingerprint density at radius 3 is 2.20 bits per heavy atom. The van der Waals surface area contributed by atoms with E-state index in [0.29, 0.717) is 5.56 Å². The second-order valence-corrected chi connectivity index (χ2v) is 4.09. The van der Waals surface area contributed by atoms with Gasteiger partial charge in [-0.1, -0.05) is 12.1 Å². The van der Waals surface area contributed by atoms with Crippen LogP contribution in [0.15, 0.2) is 24.3 Å². The second kappa shape index (κ2) is 7.51. The van der Waals surface area contributed by atoms with Crippen LogP contribution in [0.1, 0.15) is 23.6 Å². The Balaban J connectivity index is 2.57. The Morgan fingerprint density at radius 2 is 1.75 bits per heavy atom. The minimum absolute atomic E-state index is 0.0280. The monoisotopic (exact) mass is 298 g/mol. The SMILES string of the molecule is NNC(CCOCC(F)F)c1ccc(C(F)(F)F)cc1. The van der Waals surface area contributed by atoms with E-state index in [0.717, 1.165) is 12.1 Å². The first-order valence-electron chi connectivity index (χ1n) is 5.83. The molecule has 0 saturated heterocycles. The molecule has 0 saturated carbocycles. The fourth-order valence-corrected chi connectivity index (χ4v) is 1.62. The van der Waals surface area contributed by atoms with Crippen LogP contribution >= 0.6 is 0 Å². The third kappa shape index (κ3) is 5.40. The van der Waals surface area contributed by atoms with Crippen molar-refractivity contribution in [1.82, 2.24) is 5.43 Å². The zero-order valence-corrected chi connectivity index (χ0v) is 10.5. The molecule has 1 unspecified atom stereocenters. The Kier molecular flexibility index (Phi) is 6.31. The van der Waals surface area contributed by atoms with Gasteiger partial charge in [-0.2, -0.15) is 13.2 Å². The average Bonchev–Trinajstić information content (AvgIpc) is 2.38. The van der Waals surface area contributed by atoms with Gasteiger partial charge in [-0.3, -0.25) is 11.3 Å². The van der Waals surface area contributed by atoms with E-state index in [4.69, 9.17) is 10.6 Å². The third-order valence-electron chi connectivity index (χ3n) is 2.64. The van der Waals surface area contributed by atoms with Crippen molar-refractivity contribution >= 4 is 0 Å². The number of rotatable bonds is 7. The quantitative estimate of drug-likeness (QED) is 0.352. The number of hydrogen-bond acceptors (Lipinski definition) is 3. The molecule has 0 heterocycles. The molecule has 0 aliphatic rings. The zero-order chi connectivity index (χ0) is 15.2. The van der Waals surface area contributed by atoms with Gasteiger partial charge in [-0.15, -0.1) is 0 Å². The normalized spacial score (nSPS) is 13.8. The van der Waals surface area contributed by atoms with Gasteiger partial charge in [0, 0.05) is 12.6 Å². The molecule has 0 aromatic heterocycles. The molecule has 0 fully saturated rings. The number of halogens is 5. The maximum absolute atomic E-state index is 12.4. The summed E-state index contributed by atoms with van der Waals surface area (Å²) in [5.41, 5.74) is 2.19. The molecule has 1 aromatic carbocycles. The predicted molar refractivity (Wildman–Crippen MR) is 62.9 cm³/mol. The predicted octanol–water partition coefficient (Wildman–Crippen LogP) is 2.88. The van der Waals surface area contributed by atoms with Gasteiger partial charge in [0.15, 0.2) is 0 Å². The smallest absolute Gasteiger partial charge is 0.375 e. The van der Waals surface area contributed by atoms with Gasteiger partial charge in [0.05, 0.1) is 5.56 Å². The first-order valence-corrected chi connectivity index (χ1v) is 5.83. The molecule has 0 radical (unpaired) electrons. The molecule has 3 nitrogen and oxygen atoms in total. The summed E-state index contributed by atoms with van der Waals surface area (Å²) in [5, 5.41) is 0. The van der Waals surface area contributed by atoms with E-state index in [1.807, 2.05) is 0 Å². The van der Waals surface area contributed by atoms with Crippen molar-refractivity contribution in [3.05, 3.63) is 35.4 Å². The van der Waals surface area contributed by atoms with Crippen LogP contribution < -0.4 is 11.3 Å². The molecule has 0 bridgehead atoms. The number of hydrazine groups is 1. The van der Waals surface area contributed by atoms with Gasteiger partial charge in [0.2, 0.25) is 0 Å². The van der Waals surface area contributed by atoms with Crippen LogP contribution in [-0.2, 0) is 10.9 Å². The van der Waals surface area contributed by atoms with Crippen molar-refractivity contribution in [2.45, 2.75) is 25.1 Å². The molecule has 3 N–H and O–H groups in total. The maximum Gasteiger partial charge on any atom is 0.416 e. The standard InChI is InChI=1S/C12H15F5N2O/c13-11(14)7-20-6-5-10(19-18)8-1-3-9(4-2-8)12(15,16)17/h1-4,10-11,19H,5-7,18H2. The van der Waals surface area contributed by atoms with Gasteiger partial charge < -0.3 is 4.74 Å². The molecule has 0 aliphatic heterocycles. The summed E-state index contributed by atoms with van der Waals surface area (Å²) in [6.45, 7) is -0.648. The van der Waals surface area contributed by atoms with Crippen molar-refractivity contribution in [3.8, 4) is 0 Å². The fourth-order valence-electron chi connectivity index (χ4n) is 1.62. The molecule has 114 valence electrons. The van der Waals surface area contributed by atoms with Crippen molar-refractivity contribution in [1.29, 1.82) is 0 Å². The van der Waals surface area contributed by atoms with E-state index in [2.05, 4.69) is 5.43 Å². The first kappa shape index (κ1) is 16.8. The number of alkyl halides is 5. The van der Waals surface area contributed by atoms with Crippen molar-refractivity contribution < 1.29 is 26.7 Å². The van der Waals surface area contributed by atoms with Crippen LogP contribution in [0, 0.1) is 0 Å². The average molecular weight is 298 g/mol. The topological polar surface area (TPSA) is 47.3 Å². The van der Waals surface area contributed by atoms with Crippen molar-refractivity contribution in [2.24, 2.45) is 5.84 Å². The molecule has 0 aliphatic carbocycles. The lowest BCUT2D eigenvalue weighted by Gasteiger charge is -2.17. The van der Waals surface area contributed by atoms with Crippen molar-refractivity contribution in [3.63, 3.8) is 0 Å². The first-order chi connectivity index (χ1) is 9.34. The number of ether oxygens (including phenoxy) is 1. The summed E-state index contributed by atoms with van der Waals surface area (Å²) < 4.78 is 65.6. The van der Waals surface area contributed by atoms with E-state index < -0.39 is 30.8 Å². The molecular formula is C12H15F5N2O. The molecule has 1 atom stereocenters. The Labute approximate surface area is 112 Å². The van der Waals surface area contributed by atoms with Gasteiger partial charge in [0.25, 0.3) is 6.43 Å². The van der Waals surface area contributed by atoms with E-state index in [1.165, 1.54) is 12.1 Å². The highest BCUT2D eigenvalue weighted by atomic mass is 19.4. The lowest BCUT2D eigenvalue weighted by molar-refractivity contribution is -0.137. The van der Waals surface area contributed by atoms with Gasteiger partial charge >= 0.3 is 6.18 Å². The number of nitrogens with two attached hydrogens (primary N) is 1.